The van der Waals surface area contributed by atoms with Crippen LogP contribution in [-0.4, -0.2) is 38.5 Å². The number of aromatic nitrogens is 2. The van der Waals surface area contributed by atoms with Gasteiger partial charge in [0.2, 0.25) is 0 Å². The van der Waals surface area contributed by atoms with Gasteiger partial charge in [-0.3, -0.25) is 19.0 Å². The van der Waals surface area contributed by atoms with Gasteiger partial charge in [0, 0.05) is 18.8 Å². The lowest BCUT2D eigenvalue weighted by Crippen LogP contribution is -2.31. The lowest BCUT2D eigenvalue weighted by molar-refractivity contribution is 0.0984. The molecule has 0 spiro atoms. The molecule has 0 saturated carbocycles. The third-order valence-electron chi connectivity index (χ3n) is 5.99. The molecule has 0 fully saturated rings. The van der Waals surface area contributed by atoms with Gasteiger partial charge >= 0.3 is 0 Å². The minimum Gasteiger partial charge on any atom is -0.497 e. The molecule has 0 bridgehead atoms. The monoisotopic (exact) mass is 544 g/mol. The zero-order valence-electron chi connectivity index (χ0n) is 20.7. The van der Waals surface area contributed by atoms with E-state index in [-0.39, 0.29) is 17.3 Å². The third kappa shape index (κ3) is 5.09. The summed E-state index contributed by atoms with van der Waals surface area (Å²) in [6.45, 7) is 0.202. The summed E-state index contributed by atoms with van der Waals surface area (Å²) in [6, 6.07) is 25.8. The number of benzene rings is 3. The van der Waals surface area contributed by atoms with Crippen LogP contribution in [-0.2, 0) is 16.6 Å². The Balaban J connectivity index is 1.47. The maximum atomic E-state index is 13.7. The van der Waals surface area contributed by atoms with Crippen molar-refractivity contribution in [1.29, 1.82) is 0 Å². The Morgan fingerprint density at radius 1 is 0.947 bits per heavy atom. The van der Waals surface area contributed by atoms with Crippen molar-refractivity contribution in [2.24, 2.45) is 0 Å². The molecule has 10 heteroatoms. The average molecular weight is 545 g/mol. The molecule has 5 aromatic rings. The van der Waals surface area contributed by atoms with E-state index in [1.807, 2.05) is 42.5 Å². The van der Waals surface area contributed by atoms with E-state index in [9.17, 15) is 13.2 Å². The highest BCUT2D eigenvalue weighted by Gasteiger charge is 2.25. The molecule has 0 atom stereocenters. The van der Waals surface area contributed by atoms with Gasteiger partial charge in [-0.1, -0.05) is 35.6 Å². The van der Waals surface area contributed by atoms with Gasteiger partial charge in [-0.2, -0.15) is 0 Å². The van der Waals surface area contributed by atoms with Gasteiger partial charge in [0.05, 0.1) is 40.1 Å². The largest absolute Gasteiger partial charge is 0.497 e. The second kappa shape index (κ2) is 10.6. The van der Waals surface area contributed by atoms with Crippen molar-refractivity contribution in [1.82, 2.24) is 9.97 Å². The third-order valence-corrected chi connectivity index (χ3v) is 8.83. The molecule has 38 heavy (non-hydrogen) atoms. The standard InChI is InChI=1S/C28H24N4O4S2/c1-31(22-9-4-3-5-10-22)38(34,35)24-14-11-20(12-15-24)27(33)32(19-21-8-6-7-17-29-21)28-30-25-16-13-23(36-2)18-26(25)37-28/h3-18H,19H2,1-2H3. The van der Waals surface area contributed by atoms with Gasteiger partial charge in [0.1, 0.15) is 5.75 Å². The van der Waals surface area contributed by atoms with Gasteiger partial charge in [-0.25, -0.2) is 13.4 Å². The second-order valence-electron chi connectivity index (χ2n) is 8.37. The quantitative estimate of drug-likeness (QED) is 0.261. The fourth-order valence-electron chi connectivity index (χ4n) is 3.88. The normalized spacial score (nSPS) is 11.3. The Hall–Kier alpha value is -4.28. The van der Waals surface area contributed by atoms with Crippen LogP contribution in [0.3, 0.4) is 0 Å². The minimum absolute atomic E-state index is 0.0868. The van der Waals surface area contributed by atoms with Crippen molar-refractivity contribution in [3.05, 3.63) is 108 Å². The summed E-state index contributed by atoms with van der Waals surface area (Å²) in [5.74, 6) is 0.384. The van der Waals surface area contributed by atoms with Crippen molar-refractivity contribution < 1.29 is 17.9 Å². The molecule has 1 amide bonds. The SMILES string of the molecule is COc1ccc2nc(N(Cc3ccccn3)C(=O)c3ccc(S(=O)(=O)N(C)c4ccccc4)cc3)sc2c1. The van der Waals surface area contributed by atoms with E-state index in [1.165, 1.54) is 47.0 Å². The van der Waals surface area contributed by atoms with Gasteiger partial charge in [0.15, 0.2) is 5.13 Å². The molecule has 0 radical (unpaired) electrons. The first kappa shape index (κ1) is 25.4. The van der Waals surface area contributed by atoms with Crippen LogP contribution in [0.5, 0.6) is 5.75 Å². The van der Waals surface area contributed by atoms with E-state index in [1.54, 1.807) is 42.5 Å². The maximum absolute atomic E-state index is 13.7. The Labute approximate surface area is 224 Å². The molecule has 0 aliphatic carbocycles. The van der Waals surface area contributed by atoms with Crippen LogP contribution in [0.1, 0.15) is 16.1 Å². The highest BCUT2D eigenvalue weighted by molar-refractivity contribution is 7.92. The number of hydrogen-bond acceptors (Lipinski definition) is 7. The van der Waals surface area contributed by atoms with E-state index >= 15 is 0 Å². The average Bonchev–Trinajstić information content (AvgIpc) is 3.39. The number of amides is 1. The summed E-state index contributed by atoms with van der Waals surface area (Å²) in [5, 5.41) is 0.504. The van der Waals surface area contributed by atoms with Gasteiger partial charge in [-0.15, -0.1) is 0 Å². The first-order valence-electron chi connectivity index (χ1n) is 11.7. The number of thiazole rings is 1. The molecule has 0 aliphatic heterocycles. The lowest BCUT2D eigenvalue weighted by Gasteiger charge is -2.21. The van der Waals surface area contributed by atoms with Crippen molar-refractivity contribution in [3.63, 3.8) is 0 Å². The number of pyridine rings is 1. The smallest absolute Gasteiger partial charge is 0.264 e. The molecule has 0 unspecified atom stereocenters. The minimum atomic E-state index is -3.80. The van der Waals surface area contributed by atoms with Gasteiger partial charge in [0.25, 0.3) is 15.9 Å². The topological polar surface area (TPSA) is 92.7 Å². The summed E-state index contributed by atoms with van der Waals surface area (Å²) in [4.78, 5) is 24.4. The predicted octanol–water partition coefficient (Wildman–Crippen LogP) is 5.37. The zero-order valence-corrected chi connectivity index (χ0v) is 22.3. The molecule has 2 aromatic heterocycles. The number of ether oxygens (including phenoxy) is 1. The fraction of sp³-hybridized carbons (Fsp3) is 0.107. The van der Waals surface area contributed by atoms with Gasteiger partial charge < -0.3 is 4.74 Å². The fourth-order valence-corrected chi connectivity index (χ4v) is 6.06. The van der Waals surface area contributed by atoms with E-state index in [0.717, 1.165) is 10.2 Å². The Kier molecular flexibility index (Phi) is 7.08. The molecular weight excluding hydrogens is 520 g/mol. The molecule has 0 saturated heterocycles. The van der Waals surface area contributed by atoms with Crippen LogP contribution in [0.2, 0.25) is 0 Å². The van der Waals surface area contributed by atoms with Crippen molar-refractivity contribution in [2.75, 3.05) is 23.4 Å². The highest BCUT2D eigenvalue weighted by Crippen LogP contribution is 2.33. The number of methoxy groups -OCH3 is 1. The molecule has 2 heterocycles. The van der Waals surface area contributed by atoms with Crippen LogP contribution in [0.25, 0.3) is 10.2 Å². The second-order valence-corrected chi connectivity index (χ2v) is 11.4. The van der Waals surface area contributed by atoms with Crippen LogP contribution in [0.15, 0.2) is 102 Å². The number of carbonyl (C=O) groups excluding carboxylic acids is 1. The first-order valence-corrected chi connectivity index (χ1v) is 13.9. The molecule has 0 N–H and O–H groups in total. The number of nitrogens with zero attached hydrogens (tertiary/aromatic N) is 4. The molecule has 192 valence electrons. The number of para-hydroxylation sites is 1. The van der Waals surface area contributed by atoms with Crippen molar-refractivity contribution in [2.45, 2.75) is 11.4 Å². The number of anilines is 2. The molecular formula is C28H24N4O4S2. The Morgan fingerprint density at radius 3 is 2.37 bits per heavy atom. The first-order chi connectivity index (χ1) is 18.4. The lowest BCUT2D eigenvalue weighted by atomic mass is 10.2. The molecule has 8 nitrogen and oxygen atoms in total. The summed E-state index contributed by atoms with van der Waals surface area (Å²) >= 11 is 1.37. The van der Waals surface area contributed by atoms with Crippen molar-refractivity contribution in [3.8, 4) is 5.75 Å². The number of fused-ring (bicyclic) bond motifs is 1. The van der Waals surface area contributed by atoms with Gasteiger partial charge in [-0.05, 0) is 66.7 Å². The summed E-state index contributed by atoms with van der Waals surface area (Å²) in [6.07, 6.45) is 1.67. The van der Waals surface area contributed by atoms with Crippen LogP contribution >= 0.6 is 11.3 Å². The summed E-state index contributed by atoms with van der Waals surface area (Å²) in [5.41, 5.74) is 2.32. The number of rotatable bonds is 8. The number of sulfonamides is 1. The molecule has 3 aromatic carbocycles. The Bertz CT molecular complexity index is 1670. The van der Waals surface area contributed by atoms with Crippen LogP contribution < -0.4 is 13.9 Å². The number of hydrogen-bond donors (Lipinski definition) is 0. The van der Waals surface area contributed by atoms with E-state index in [2.05, 4.69) is 9.97 Å². The van der Waals surface area contributed by atoms with E-state index in [4.69, 9.17) is 4.74 Å². The van der Waals surface area contributed by atoms with Crippen LogP contribution in [0.4, 0.5) is 10.8 Å². The zero-order chi connectivity index (χ0) is 26.7. The Morgan fingerprint density at radius 2 is 1.68 bits per heavy atom. The molecule has 0 aliphatic rings. The predicted molar refractivity (Wildman–Crippen MR) is 149 cm³/mol. The summed E-state index contributed by atoms with van der Waals surface area (Å²) < 4.78 is 33.7. The highest BCUT2D eigenvalue weighted by atomic mass is 32.2. The molecule has 5 rings (SSSR count). The van der Waals surface area contributed by atoms with E-state index in [0.29, 0.717) is 27.8 Å². The van der Waals surface area contributed by atoms with Crippen LogP contribution in [0, 0.1) is 0 Å². The van der Waals surface area contributed by atoms with Crippen molar-refractivity contribution >= 4 is 48.3 Å². The maximum Gasteiger partial charge on any atom is 0.264 e. The number of carbonyl (C=O) groups is 1. The van der Waals surface area contributed by atoms with E-state index < -0.39 is 10.0 Å². The summed E-state index contributed by atoms with van der Waals surface area (Å²) in [7, 11) is -0.704.